The van der Waals surface area contributed by atoms with Crippen LogP contribution in [0.2, 0.25) is 0 Å². The van der Waals surface area contributed by atoms with Crippen molar-refractivity contribution in [2.75, 3.05) is 18.8 Å². The zero-order chi connectivity index (χ0) is 23.6. The zero-order valence-corrected chi connectivity index (χ0v) is 19.3. The smallest absolute Gasteiger partial charge is 0.326 e. The van der Waals surface area contributed by atoms with Gasteiger partial charge in [-0.05, 0) is 44.6 Å². The van der Waals surface area contributed by atoms with Crippen LogP contribution in [-0.2, 0) is 19.2 Å². The quantitative estimate of drug-likeness (QED) is 0.159. The average molecular weight is 460 g/mol. The number of likely N-dealkylation sites (tertiary alicyclic amines) is 1. The molecule has 0 spiro atoms. The van der Waals surface area contributed by atoms with Gasteiger partial charge in [-0.3, -0.25) is 14.4 Å². The van der Waals surface area contributed by atoms with Crippen LogP contribution < -0.4 is 22.1 Å². The number of thiol groups is 1. The fraction of sp³-hybridized carbons (Fsp3) is 0.800. The molecule has 5 atom stereocenters. The van der Waals surface area contributed by atoms with Crippen molar-refractivity contribution in [3.8, 4) is 0 Å². The molecule has 0 aromatic rings. The molecular weight excluding hydrogens is 422 g/mol. The van der Waals surface area contributed by atoms with Crippen LogP contribution in [0.4, 0.5) is 0 Å². The summed E-state index contributed by atoms with van der Waals surface area (Å²) in [5.41, 5.74) is 11.4. The lowest BCUT2D eigenvalue weighted by molar-refractivity contribution is -0.144. The van der Waals surface area contributed by atoms with Gasteiger partial charge in [0.05, 0.1) is 6.04 Å². The van der Waals surface area contributed by atoms with Crippen LogP contribution in [0.15, 0.2) is 0 Å². The molecule has 7 N–H and O–H groups in total. The standard InChI is InChI=1S/C20H37N5O5S/c1-3-12(2)16(22)18(27)24-14(11-31)19(28)25-10-6-8-15(25)17(26)23-13(20(29)30)7-4-5-9-21/h12-16,31H,3-11,21-22H2,1-2H3,(H,23,26)(H,24,27)(H,29,30). The summed E-state index contributed by atoms with van der Waals surface area (Å²) in [5.74, 6) is -2.49. The summed E-state index contributed by atoms with van der Waals surface area (Å²) in [6.07, 6.45) is 3.25. The zero-order valence-electron chi connectivity index (χ0n) is 18.4. The monoisotopic (exact) mass is 459 g/mol. The minimum atomic E-state index is -1.12. The minimum Gasteiger partial charge on any atom is -0.480 e. The first-order chi connectivity index (χ1) is 14.7. The Balaban J connectivity index is 2.80. The predicted octanol–water partition coefficient (Wildman–Crippen LogP) is -0.536. The number of carbonyl (C=O) groups excluding carboxylic acids is 3. The lowest BCUT2D eigenvalue weighted by Gasteiger charge is -2.29. The van der Waals surface area contributed by atoms with Gasteiger partial charge >= 0.3 is 5.97 Å². The molecule has 0 radical (unpaired) electrons. The average Bonchev–Trinajstić information content (AvgIpc) is 3.24. The number of amides is 3. The number of carboxylic acid groups (broad SMARTS) is 1. The number of carbonyl (C=O) groups is 4. The van der Waals surface area contributed by atoms with Crippen LogP contribution in [0, 0.1) is 5.92 Å². The summed E-state index contributed by atoms with van der Waals surface area (Å²) in [4.78, 5) is 51.1. The predicted molar refractivity (Wildman–Crippen MR) is 120 cm³/mol. The number of carboxylic acids is 1. The number of rotatable bonds is 13. The molecule has 0 aromatic heterocycles. The van der Waals surface area contributed by atoms with E-state index in [9.17, 15) is 24.3 Å². The van der Waals surface area contributed by atoms with Gasteiger partial charge in [0.1, 0.15) is 18.1 Å². The highest BCUT2D eigenvalue weighted by atomic mass is 32.1. The van der Waals surface area contributed by atoms with E-state index in [1.165, 1.54) is 4.90 Å². The van der Waals surface area contributed by atoms with Crippen molar-refractivity contribution in [2.24, 2.45) is 17.4 Å². The molecule has 3 amide bonds. The maximum Gasteiger partial charge on any atom is 0.326 e. The Bertz CT molecular complexity index is 635. The molecule has 1 aliphatic rings. The molecule has 31 heavy (non-hydrogen) atoms. The molecule has 0 aliphatic carbocycles. The van der Waals surface area contributed by atoms with Crippen LogP contribution >= 0.6 is 12.6 Å². The maximum atomic E-state index is 13.0. The summed E-state index contributed by atoms with van der Waals surface area (Å²) in [5, 5.41) is 14.6. The third-order valence-corrected chi connectivity index (χ3v) is 6.12. The Hall–Kier alpha value is -1.85. The van der Waals surface area contributed by atoms with E-state index in [1.807, 2.05) is 13.8 Å². The summed E-state index contributed by atoms with van der Waals surface area (Å²) in [6.45, 7) is 4.57. The Kier molecular flexibility index (Phi) is 11.9. The normalized spacial score (nSPS) is 19.9. The van der Waals surface area contributed by atoms with Gasteiger partial charge in [-0.1, -0.05) is 20.3 Å². The molecule has 0 saturated carbocycles. The molecule has 1 aliphatic heterocycles. The number of nitrogens with two attached hydrogens (primary N) is 2. The molecule has 0 bridgehead atoms. The second-order valence-corrected chi connectivity index (χ2v) is 8.39. The minimum absolute atomic E-state index is 0.0480. The van der Waals surface area contributed by atoms with E-state index in [0.29, 0.717) is 38.8 Å². The van der Waals surface area contributed by atoms with Gasteiger partial charge in [0.25, 0.3) is 0 Å². The SMILES string of the molecule is CCC(C)C(N)C(=O)NC(CS)C(=O)N1CCCC1C(=O)NC(CCCCN)C(=O)O. The van der Waals surface area contributed by atoms with Crippen molar-refractivity contribution >= 4 is 36.3 Å². The topological polar surface area (TPSA) is 168 Å². The fourth-order valence-corrected chi connectivity index (χ4v) is 3.73. The van der Waals surface area contributed by atoms with Gasteiger partial charge < -0.3 is 32.1 Å². The Morgan fingerprint density at radius 2 is 1.87 bits per heavy atom. The molecule has 5 unspecified atom stereocenters. The Labute approximate surface area is 189 Å². The van der Waals surface area contributed by atoms with Crippen molar-refractivity contribution in [1.82, 2.24) is 15.5 Å². The molecular formula is C20H37N5O5S. The summed E-state index contributed by atoms with van der Waals surface area (Å²) in [7, 11) is 0. The van der Waals surface area contributed by atoms with E-state index < -0.39 is 47.9 Å². The first kappa shape index (κ1) is 27.2. The second kappa shape index (κ2) is 13.5. The largest absolute Gasteiger partial charge is 0.480 e. The summed E-state index contributed by atoms with van der Waals surface area (Å²) in [6, 6.07) is -3.49. The molecule has 1 heterocycles. The van der Waals surface area contributed by atoms with Crippen LogP contribution in [0.5, 0.6) is 0 Å². The summed E-state index contributed by atoms with van der Waals surface area (Å²) < 4.78 is 0. The number of aliphatic carboxylic acids is 1. The van der Waals surface area contributed by atoms with Crippen molar-refractivity contribution in [1.29, 1.82) is 0 Å². The first-order valence-corrected chi connectivity index (χ1v) is 11.5. The second-order valence-electron chi connectivity index (χ2n) is 8.03. The lowest BCUT2D eigenvalue weighted by Crippen LogP contribution is -2.57. The number of hydrogen-bond donors (Lipinski definition) is 6. The van der Waals surface area contributed by atoms with Crippen molar-refractivity contribution in [3.63, 3.8) is 0 Å². The maximum absolute atomic E-state index is 13.0. The van der Waals surface area contributed by atoms with E-state index in [1.54, 1.807) is 0 Å². The van der Waals surface area contributed by atoms with Crippen LogP contribution in [0.3, 0.4) is 0 Å². The third-order valence-electron chi connectivity index (χ3n) is 5.76. The number of hydrogen-bond acceptors (Lipinski definition) is 7. The molecule has 11 heteroatoms. The molecule has 178 valence electrons. The number of nitrogens with zero attached hydrogens (tertiary/aromatic N) is 1. The van der Waals surface area contributed by atoms with Gasteiger partial charge in [-0.2, -0.15) is 12.6 Å². The highest BCUT2D eigenvalue weighted by Gasteiger charge is 2.38. The van der Waals surface area contributed by atoms with Gasteiger partial charge in [-0.15, -0.1) is 0 Å². The van der Waals surface area contributed by atoms with Gasteiger partial charge in [0.15, 0.2) is 0 Å². The lowest BCUT2D eigenvalue weighted by atomic mass is 9.99. The third kappa shape index (κ3) is 7.97. The Morgan fingerprint density at radius 3 is 2.42 bits per heavy atom. The Morgan fingerprint density at radius 1 is 1.19 bits per heavy atom. The molecule has 1 saturated heterocycles. The van der Waals surface area contributed by atoms with Crippen LogP contribution in [0.25, 0.3) is 0 Å². The van der Waals surface area contributed by atoms with E-state index in [-0.39, 0.29) is 18.1 Å². The van der Waals surface area contributed by atoms with E-state index in [0.717, 1.165) is 6.42 Å². The molecule has 1 rings (SSSR count). The number of nitrogens with one attached hydrogen (secondary N) is 2. The van der Waals surface area contributed by atoms with Crippen molar-refractivity contribution in [3.05, 3.63) is 0 Å². The molecule has 10 nitrogen and oxygen atoms in total. The fourth-order valence-electron chi connectivity index (χ4n) is 3.49. The van der Waals surface area contributed by atoms with Gasteiger partial charge in [0.2, 0.25) is 17.7 Å². The van der Waals surface area contributed by atoms with Gasteiger partial charge in [-0.25, -0.2) is 4.79 Å². The van der Waals surface area contributed by atoms with Crippen molar-refractivity contribution in [2.45, 2.75) is 76.5 Å². The van der Waals surface area contributed by atoms with E-state index >= 15 is 0 Å². The van der Waals surface area contributed by atoms with Gasteiger partial charge in [0, 0.05) is 12.3 Å². The summed E-state index contributed by atoms with van der Waals surface area (Å²) >= 11 is 4.19. The highest BCUT2D eigenvalue weighted by molar-refractivity contribution is 7.80. The van der Waals surface area contributed by atoms with Crippen LogP contribution in [-0.4, -0.2) is 76.7 Å². The van der Waals surface area contributed by atoms with Crippen LogP contribution in [0.1, 0.15) is 52.4 Å². The molecule has 1 fully saturated rings. The molecule has 0 aromatic carbocycles. The highest BCUT2D eigenvalue weighted by Crippen LogP contribution is 2.20. The van der Waals surface area contributed by atoms with E-state index in [2.05, 4.69) is 23.3 Å². The van der Waals surface area contributed by atoms with Crippen molar-refractivity contribution < 1.29 is 24.3 Å². The van der Waals surface area contributed by atoms with E-state index in [4.69, 9.17) is 11.5 Å². The number of unbranched alkanes of at least 4 members (excludes halogenated alkanes) is 1. The first-order valence-electron chi connectivity index (χ1n) is 10.9.